The van der Waals surface area contributed by atoms with E-state index in [2.05, 4.69) is 41.2 Å². The highest BCUT2D eigenvalue weighted by Crippen LogP contribution is 2.12. The maximum absolute atomic E-state index is 12.5. The third-order valence-corrected chi connectivity index (χ3v) is 5.41. The molecule has 1 fully saturated rings. The molecule has 0 aliphatic carbocycles. The Kier molecular flexibility index (Phi) is 6.43. The molecule has 1 aliphatic heterocycles. The summed E-state index contributed by atoms with van der Waals surface area (Å²) in [7, 11) is 0. The topological polar surface area (TPSA) is 67.7 Å². The molecule has 7 heteroatoms. The lowest BCUT2D eigenvalue weighted by Gasteiger charge is -2.34. The second-order valence-electron chi connectivity index (χ2n) is 7.72. The lowest BCUT2D eigenvalue weighted by Crippen LogP contribution is -2.49. The number of esters is 1. The Labute approximate surface area is 181 Å². The van der Waals surface area contributed by atoms with Crippen LogP contribution in [0, 0.1) is 6.92 Å². The van der Waals surface area contributed by atoms with Crippen LogP contribution in [0.2, 0.25) is 0 Å². The number of amides is 1. The molecule has 31 heavy (non-hydrogen) atoms. The maximum atomic E-state index is 12.5. The van der Waals surface area contributed by atoms with Crippen LogP contribution in [0.25, 0.3) is 5.69 Å². The van der Waals surface area contributed by atoms with Gasteiger partial charge < -0.3 is 9.64 Å². The molecule has 0 unspecified atom stereocenters. The minimum Gasteiger partial charge on any atom is -0.452 e. The molecule has 0 N–H and O–H groups in total. The quantitative estimate of drug-likeness (QED) is 0.576. The molecule has 1 aromatic heterocycles. The number of aromatic nitrogens is 2. The predicted molar refractivity (Wildman–Crippen MR) is 117 cm³/mol. The van der Waals surface area contributed by atoms with Crippen molar-refractivity contribution in [3.05, 3.63) is 83.7 Å². The molecule has 0 bridgehead atoms. The van der Waals surface area contributed by atoms with Gasteiger partial charge in [0.1, 0.15) is 0 Å². The molecule has 0 atom stereocenters. The first-order chi connectivity index (χ1) is 15.1. The first-order valence-corrected chi connectivity index (χ1v) is 10.4. The summed E-state index contributed by atoms with van der Waals surface area (Å²) >= 11 is 0. The van der Waals surface area contributed by atoms with Gasteiger partial charge in [0, 0.05) is 45.1 Å². The number of piperazine rings is 1. The Hall–Kier alpha value is -3.45. The molecule has 4 rings (SSSR count). The normalized spacial score (nSPS) is 14.4. The molecule has 1 aliphatic rings. The summed E-state index contributed by atoms with van der Waals surface area (Å²) in [6, 6.07) is 17.2. The standard InChI is InChI=1S/C24H26N4O3/c1-19-4-2-5-20(16-19)17-26-12-14-27(15-13-26)23(29)18-31-24(30)21-6-8-22(9-7-21)28-11-3-10-25-28/h2-11,16H,12-15,17-18H2,1H3. The Balaban J connectivity index is 1.22. The van der Waals surface area contributed by atoms with E-state index in [-0.39, 0.29) is 12.5 Å². The van der Waals surface area contributed by atoms with Crippen molar-refractivity contribution in [1.82, 2.24) is 19.6 Å². The van der Waals surface area contributed by atoms with Crippen LogP contribution in [0.3, 0.4) is 0 Å². The van der Waals surface area contributed by atoms with Crippen molar-refractivity contribution in [1.29, 1.82) is 0 Å². The van der Waals surface area contributed by atoms with Gasteiger partial charge in [-0.15, -0.1) is 0 Å². The first-order valence-electron chi connectivity index (χ1n) is 10.4. The van der Waals surface area contributed by atoms with Gasteiger partial charge in [-0.3, -0.25) is 9.69 Å². The van der Waals surface area contributed by atoms with Crippen LogP contribution in [-0.2, 0) is 16.1 Å². The van der Waals surface area contributed by atoms with Crippen LogP contribution >= 0.6 is 0 Å². The van der Waals surface area contributed by atoms with Gasteiger partial charge in [-0.05, 0) is 42.8 Å². The van der Waals surface area contributed by atoms with Crippen LogP contribution in [0.4, 0.5) is 0 Å². The third-order valence-electron chi connectivity index (χ3n) is 5.41. The predicted octanol–water partition coefficient (Wildman–Crippen LogP) is 2.68. The Morgan fingerprint density at radius 2 is 1.77 bits per heavy atom. The number of aryl methyl sites for hydroxylation is 1. The van der Waals surface area contributed by atoms with Crippen LogP contribution in [0.1, 0.15) is 21.5 Å². The molecular weight excluding hydrogens is 392 g/mol. The van der Waals surface area contributed by atoms with Crippen molar-refractivity contribution in [2.75, 3.05) is 32.8 Å². The molecule has 1 amide bonds. The fraction of sp³-hybridized carbons (Fsp3) is 0.292. The number of carbonyl (C=O) groups is 2. The minimum atomic E-state index is -0.501. The number of ether oxygens (including phenoxy) is 1. The molecule has 0 spiro atoms. The number of nitrogens with zero attached hydrogens (tertiary/aromatic N) is 4. The molecule has 0 radical (unpaired) electrons. The van der Waals surface area contributed by atoms with Gasteiger partial charge in [-0.1, -0.05) is 29.8 Å². The summed E-state index contributed by atoms with van der Waals surface area (Å²) in [5.74, 6) is -0.657. The number of benzene rings is 2. The Morgan fingerprint density at radius 3 is 2.45 bits per heavy atom. The Bertz CT molecular complexity index is 1020. The molecule has 2 aromatic carbocycles. The van der Waals surface area contributed by atoms with Gasteiger partial charge in [0.2, 0.25) is 0 Å². The zero-order chi connectivity index (χ0) is 21.6. The van der Waals surface area contributed by atoms with E-state index in [9.17, 15) is 9.59 Å². The highest BCUT2D eigenvalue weighted by molar-refractivity contribution is 5.91. The van der Waals surface area contributed by atoms with E-state index in [0.717, 1.165) is 25.3 Å². The van der Waals surface area contributed by atoms with Crippen molar-refractivity contribution >= 4 is 11.9 Å². The highest BCUT2D eigenvalue weighted by Gasteiger charge is 2.22. The summed E-state index contributed by atoms with van der Waals surface area (Å²) in [6.07, 6.45) is 3.52. The first kappa shape index (κ1) is 20.8. The maximum Gasteiger partial charge on any atom is 0.338 e. The van der Waals surface area contributed by atoms with E-state index in [1.807, 2.05) is 12.3 Å². The smallest absolute Gasteiger partial charge is 0.338 e. The van der Waals surface area contributed by atoms with Crippen LogP contribution in [0.15, 0.2) is 67.0 Å². The summed E-state index contributed by atoms with van der Waals surface area (Å²) in [4.78, 5) is 28.9. The molecule has 160 valence electrons. The zero-order valence-electron chi connectivity index (χ0n) is 17.6. The highest BCUT2D eigenvalue weighted by atomic mass is 16.5. The monoisotopic (exact) mass is 418 g/mol. The van der Waals surface area contributed by atoms with E-state index >= 15 is 0 Å². The van der Waals surface area contributed by atoms with Gasteiger partial charge in [0.25, 0.3) is 5.91 Å². The second-order valence-corrected chi connectivity index (χ2v) is 7.72. The second kappa shape index (κ2) is 9.57. The SMILES string of the molecule is Cc1cccc(CN2CCN(C(=O)COC(=O)c3ccc(-n4cccn4)cc3)CC2)c1. The van der Waals surface area contributed by atoms with Crippen molar-refractivity contribution < 1.29 is 14.3 Å². The van der Waals surface area contributed by atoms with Crippen molar-refractivity contribution in [3.63, 3.8) is 0 Å². The van der Waals surface area contributed by atoms with Crippen LogP contribution in [-0.4, -0.2) is 64.2 Å². The minimum absolute atomic E-state index is 0.156. The van der Waals surface area contributed by atoms with Crippen molar-refractivity contribution in [2.45, 2.75) is 13.5 Å². The summed E-state index contributed by atoms with van der Waals surface area (Å²) in [5, 5.41) is 4.15. The third kappa shape index (κ3) is 5.38. The Morgan fingerprint density at radius 1 is 1.00 bits per heavy atom. The summed E-state index contributed by atoms with van der Waals surface area (Å²) < 4.78 is 6.95. The average molecular weight is 418 g/mol. The molecular formula is C24H26N4O3. The number of carbonyl (C=O) groups excluding carboxylic acids is 2. The van der Waals surface area contributed by atoms with E-state index in [0.29, 0.717) is 18.7 Å². The van der Waals surface area contributed by atoms with E-state index in [4.69, 9.17) is 4.74 Å². The van der Waals surface area contributed by atoms with Gasteiger partial charge in [-0.25, -0.2) is 9.48 Å². The lowest BCUT2D eigenvalue weighted by atomic mass is 10.1. The molecule has 7 nitrogen and oxygen atoms in total. The van der Waals surface area contributed by atoms with Gasteiger partial charge in [0.05, 0.1) is 11.3 Å². The van der Waals surface area contributed by atoms with E-state index < -0.39 is 5.97 Å². The van der Waals surface area contributed by atoms with E-state index in [1.54, 1.807) is 40.0 Å². The van der Waals surface area contributed by atoms with Crippen LogP contribution in [0.5, 0.6) is 0 Å². The summed E-state index contributed by atoms with van der Waals surface area (Å²) in [6.45, 7) is 5.63. The fourth-order valence-corrected chi connectivity index (χ4v) is 3.70. The molecule has 1 saturated heterocycles. The van der Waals surface area contributed by atoms with Crippen LogP contribution < -0.4 is 0 Å². The van der Waals surface area contributed by atoms with Gasteiger partial charge in [0.15, 0.2) is 6.61 Å². The zero-order valence-corrected chi connectivity index (χ0v) is 17.6. The number of rotatable bonds is 6. The number of hydrogen-bond acceptors (Lipinski definition) is 5. The summed E-state index contributed by atoms with van der Waals surface area (Å²) in [5.41, 5.74) is 3.80. The molecule has 2 heterocycles. The average Bonchev–Trinajstić information content (AvgIpc) is 3.33. The van der Waals surface area contributed by atoms with Crippen molar-refractivity contribution in [2.24, 2.45) is 0 Å². The van der Waals surface area contributed by atoms with E-state index in [1.165, 1.54) is 11.1 Å². The lowest BCUT2D eigenvalue weighted by molar-refractivity contribution is -0.136. The fourth-order valence-electron chi connectivity index (χ4n) is 3.70. The van der Waals surface area contributed by atoms with Crippen molar-refractivity contribution in [3.8, 4) is 5.69 Å². The molecule has 0 saturated carbocycles. The van der Waals surface area contributed by atoms with Gasteiger partial charge in [-0.2, -0.15) is 5.10 Å². The number of hydrogen-bond donors (Lipinski definition) is 0. The van der Waals surface area contributed by atoms with Gasteiger partial charge >= 0.3 is 5.97 Å². The molecule has 3 aromatic rings. The largest absolute Gasteiger partial charge is 0.452 e.